The maximum atomic E-state index is 5.61. The lowest BCUT2D eigenvalue weighted by Crippen LogP contribution is -2.23. The van der Waals surface area contributed by atoms with Gasteiger partial charge in [0.05, 0.1) is 14.2 Å². The highest BCUT2D eigenvalue weighted by molar-refractivity contribution is 5.50. The lowest BCUT2D eigenvalue weighted by molar-refractivity contribution is 0.270. The summed E-state index contributed by atoms with van der Waals surface area (Å²) in [6.45, 7) is 2.33. The van der Waals surface area contributed by atoms with Gasteiger partial charge < -0.3 is 19.9 Å². The standard InChI is InChI=1S/C11H17NO3/c1-8(12)7-15-10-6-4-5-9(13-2)11(10)14-3/h4-6,8H,7,12H2,1-3H3/t8-/m0/s1. The quantitative estimate of drug-likeness (QED) is 0.800. The summed E-state index contributed by atoms with van der Waals surface area (Å²) in [4.78, 5) is 0. The Morgan fingerprint density at radius 1 is 1.20 bits per heavy atom. The molecule has 0 saturated heterocycles. The summed E-state index contributed by atoms with van der Waals surface area (Å²) in [5, 5.41) is 0. The zero-order valence-corrected chi connectivity index (χ0v) is 9.32. The predicted octanol–water partition coefficient (Wildman–Crippen LogP) is 1.43. The minimum Gasteiger partial charge on any atom is -0.493 e. The Morgan fingerprint density at radius 2 is 1.87 bits per heavy atom. The highest BCUT2D eigenvalue weighted by Crippen LogP contribution is 2.36. The maximum Gasteiger partial charge on any atom is 0.203 e. The monoisotopic (exact) mass is 211 g/mol. The molecule has 0 heterocycles. The number of rotatable bonds is 5. The van der Waals surface area contributed by atoms with Crippen molar-refractivity contribution >= 4 is 0 Å². The second-order valence-corrected chi connectivity index (χ2v) is 3.28. The fraction of sp³-hybridized carbons (Fsp3) is 0.455. The molecule has 84 valence electrons. The van der Waals surface area contributed by atoms with Crippen LogP contribution in [-0.4, -0.2) is 26.9 Å². The van der Waals surface area contributed by atoms with Crippen LogP contribution in [0, 0.1) is 0 Å². The van der Waals surface area contributed by atoms with Crippen LogP contribution in [0.25, 0.3) is 0 Å². The largest absolute Gasteiger partial charge is 0.493 e. The molecule has 1 atom stereocenters. The fourth-order valence-electron chi connectivity index (χ4n) is 1.19. The molecule has 0 amide bonds. The molecule has 0 aromatic heterocycles. The predicted molar refractivity (Wildman–Crippen MR) is 58.7 cm³/mol. The molecule has 0 aliphatic heterocycles. The van der Waals surface area contributed by atoms with E-state index in [4.69, 9.17) is 19.9 Å². The van der Waals surface area contributed by atoms with Crippen LogP contribution in [0.4, 0.5) is 0 Å². The van der Waals surface area contributed by atoms with Crippen molar-refractivity contribution in [3.63, 3.8) is 0 Å². The SMILES string of the molecule is COc1cccc(OC[C@H](C)N)c1OC. The molecule has 0 fully saturated rings. The zero-order chi connectivity index (χ0) is 11.3. The first-order valence-electron chi connectivity index (χ1n) is 4.78. The number of methoxy groups -OCH3 is 2. The Kier molecular flexibility index (Phi) is 4.24. The van der Waals surface area contributed by atoms with Crippen molar-refractivity contribution in [3.8, 4) is 17.2 Å². The Hall–Kier alpha value is -1.42. The van der Waals surface area contributed by atoms with Crippen molar-refractivity contribution in [1.82, 2.24) is 0 Å². The summed E-state index contributed by atoms with van der Waals surface area (Å²) in [7, 11) is 3.17. The van der Waals surface area contributed by atoms with E-state index in [2.05, 4.69) is 0 Å². The lowest BCUT2D eigenvalue weighted by Gasteiger charge is -2.14. The molecule has 0 aliphatic rings. The molecule has 0 saturated carbocycles. The van der Waals surface area contributed by atoms with Gasteiger partial charge in [-0.05, 0) is 19.1 Å². The first-order valence-corrected chi connectivity index (χ1v) is 4.78. The minimum absolute atomic E-state index is 0.0130. The number of benzene rings is 1. The molecule has 0 spiro atoms. The fourth-order valence-corrected chi connectivity index (χ4v) is 1.19. The summed E-state index contributed by atoms with van der Waals surface area (Å²) < 4.78 is 15.9. The zero-order valence-electron chi connectivity index (χ0n) is 9.32. The van der Waals surface area contributed by atoms with Gasteiger partial charge in [0.2, 0.25) is 5.75 Å². The van der Waals surface area contributed by atoms with Gasteiger partial charge >= 0.3 is 0 Å². The number of para-hydroxylation sites is 1. The van der Waals surface area contributed by atoms with Gasteiger partial charge in [-0.3, -0.25) is 0 Å². The van der Waals surface area contributed by atoms with Crippen molar-refractivity contribution in [2.45, 2.75) is 13.0 Å². The Morgan fingerprint density at radius 3 is 2.40 bits per heavy atom. The molecule has 15 heavy (non-hydrogen) atoms. The molecule has 2 N–H and O–H groups in total. The molecule has 0 unspecified atom stereocenters. The first kappa shape index (κ1) is 11.7. The molecular formula is C11H17NO3. The third kappa shape index (κ3) is 3.02. The van der Waals surface area contributed by atoms with Gasteiger partial charge in [-0.1, -0.05) is 6.07 Å². The van der Waals surface area contributed by atoms with Gasteiger partial charge in [-0.2, -0.15) is 0 Å². The highest BCUT2D eigenvalue weighted by Gasteiger charge is 2.10. The van der Waals surface area contributed by atoms with Gasteiger partial charge in [0.1, 0.15) is 6.61 Å². The van der Waals surface area contributed by atoms with Gasteiger partial charge in [0.15, 0.2) is 11.5 Å². The Labute approximate surface area is 89.9 Å². The maximum absolute atomic E-state index is 5.61. The second kappa shape index (κ2) is 5.46. The summed E-state index contributed by atoms with van der Waals surface area (Å²) in [6.07, 6.45) is 0. The van der Waals surface area contributed by atoms with Crippen LogP contribution in [0.2, 0.25) is 0 Å². The van der Waals surface area contributed by atoms with E-state index in [0.717, 1.165) is 0 Å². The van der Waals surface area contributed by atoms with Crippen LogP contribution < -0.4 is 19.9 Å². The van der Waals surface area contributed by atoms with Crippen molar-refractivity contribution < 1.29 is 14.2 Å². The Balaban J connectivity index is 2.86. The smallest absolute Gasteiger partial charge is 0.203 e. The summed E-state index contributed by atoms with van der Waals surface area (Å²) >= 11 is 0. The number of hydrogen-bond donors (Lipinski definition) is 1. The van der Waals surface area contributed by atoms with Gasteiger partial charge in [0, 0.05) is 6.04 Å². The molecule has 4 nitrogen and oxygen atoms in total. The van der Waals surface area contributed by atoms with E-state index in [1.54, 1.807) is 14.2 Å². The van der Waals surface area contributed by atoms with Crippen LogP contribution in [0.1, 0.15) is 6.92 Å². The van der Waals surface area contributed by atoms with Crippen molar-refractivity contribution in [2.75, 3.05) is 20.8 Å². The summed E-state index contributed by atoms with van der Waals surface area (Å²) in [6, 6.07) is 5.47. The summed E-state index contributed by atoms with van der Waals surface area (Å²) in [5.74, 6) is 1.90. The van der Waals surface area contributed by atoms with E-state index in [1.807, 2.05) is 25.1 Å². The average molecular weight is 211 g/mol. The molecule has 1 rings (SSSR count). The molecule has 4 heteroatoms. The normalized spacial score (nSPS) is 12.0. The van der Waals surface area contributed by atoms with E-state index in [-0.39, 0.29) is 6.04 Å². The first-order chi connectivity index (χ1) is 7.19. The van der Waals surface area contributed by atoms with Crippen LogP contribution in [-0.2, 0) is 0 Å². The van der Waals surface area contributed by atoms with E-state index >= 15 is 0 Å². The number of nitrogens with two attached hydrogens (primary N) is 1. The van der Waals surface area contributed by atoms with Crippen LogP contribution in [0.3, 0.4) is 0 Å². The topological polar surface area (TPSA) is 53.7 Å². The van der Waals surface area contributed by atoms with E-state index in [1.165, 1.54) is 0 Å². The van der Waals surface area contributed by atoms with Crippen LogP contribution in [0.15, 0.2) is 18.2 Å². The highest BCUT2D eigenvalue weighted by atomic mass is 16.5. The average Bonchev–Trinajstić information content (AvgIpc) is 2.25. The van der Waals surface area contributed by atoms with Crippen molar-refractivity contribution in [2.24, 2.45) is 5.73 Å². The van der Waals surface area contributed by atoms with Crippen molar-refractivity contribution in [1.29, 1.82) is 0 Å². The van der Waals surface area contributed by atoms with E-state index in [9.17, 15) is 0 Å². The molecular weight excluding hydrogens is 194 g/mol. The van der Waals surface area contributed by atoms with E-state index in [0.29, 0.717) is 23.9 Å². The number of ether oxygens (including phenoxy) is 3. The molecule has 0 radical (unpaired) electrons. The third-order valence-corrected chi connectivity index (χ3v) is 1.87. The second-order valence-electron chi connectivity index (χ2n) is 3.28. The van der Waals surface area contributed by atoms with Crippen molar-refractivity contribution in [3.05, 3.63) is 18.2 Å². The number of hydrogen-bond acceptors (Lipinski definition) is 4. The van der Waals surface area contributed by atoms with Crippen LogP contribution >= 0.6 is 0 Å². The van der Waals surface area contributed by atoms with Gasteiger partial charge in [-0.15, -0.1) is 0 Å². The molecule has 0 bridgehead atoms. The van der Waals surface area contributed by atoms with Gasteiger partial charge in [0.25, 0.3) is 0 Å². The molecule has 1 aromatic rings. The van der Waals surface area contributed by atoms with Crippen LogP contribution in [0.5, 0.6) is 17.2 Å². The third-order valence-electron chi connectivity index (χ3n) is 1.87. The molecule has 1 aromatic carbocycles. The lowest BCUT2D eigenvalue weighted by atomic mass is 10.3. The Bertz CT molecular complexity index is 313. The summed E-state index contributed by atoms with van der Waals surface area (Å²) in [5.41, 5.74) is 5.61. The van der Waals surface area contributed by atoms with E-state index < -0.39 is 0 Å². The minimum atomic E-state index is -0.0130. The molecule has 0 aliphatic carbocycles. The van der Waals surface area contributed by atoms with Gasteiger partial charge in [-0.25, -0.2) is 0 Å².